The molecule has 152 valence electrons. The summed E-state index contributed by atoms with van der Waals surface area (Å²) in [5.74, 6) is 0.829. The molecule has 0 saturated carbocycles. The molecule has 1 amide bonds. The van der Waals surface area contributed by atoms with Crippen molar-refractivity contribution in [3.05, 3.63) is 47.3 Å². The van der Waals surface area contributed by atoms with Gasteiger partial charge in [-0.25, -0.2) is 0 Å². The quantitative estimate of drug-likeness (QED) is 0.745. The Hall–Kier alpha value is -2.31. The van der Waals surface area contributed by atoms with Crippen LogP contribution in [-0.2, 0) is 0 Å². The Labute approximate surface area is 168 Å². The summed E-state index contributed by atoms with van der Waals surface area (Å²) in [6.07, 6.45) is 0.979. The Kier molecular flexibility index (Phi) is 6.75. The summed E-state index contributed by atoms with van der Waals surface area (Å²) in [7, 11) is 3.83. The lowest BCUT2D eigenvalue weighted by molar-refractivity contribution is 0.0949. The molecule has 0 radical (unpaired) electrons. The highest BCUT2D eigenvalue weighted by atomic mass is 16.5. The van der Waals surface area contributed by atoms with Crippen molar-refractivity contribution >= 4 is 5.91 Å². The average molecular weight is 385 g/mol. The molecule has 6 nitrogen and oxygen atoms in total. The Morgan fingerprint density at radius 1 is 1.11 bits per heavy atom. The number of piperazine rings is 1. The molecule has 0 spiro atoms. The topological polar surface area (TPSA) is 49.7 Å². The molecule has 1 saturated heterocycles. The Morgan fingerprint density at radius 3 is 2.43 bits per heavy atom. The lowest BCUT2D eigenvalue weighted by Gasteiger charge is -2.32. The third-order valence-electron chi connectivity index (χ3n) is 5.54. The Bertz CT molecular complexity index is 790. The summed E-state index contributed by atoms with van der Waals surface area (Å²) in [5, 5.41) is 3.09. The molecule has 2 heterocycles. The molecule has 1 aromatic carbocycles. The van der Waals surface area contributed by atoms with Crippen molar-refractivity contribution in [2.75, 3.05) is 53.4 Å². The molecule has 0 bridgehead atoms. The molecule has 0 atom stereocenters. The van der Waals surface area contributed by atoms with E-state index in [0.717, 1.165) is 67.5 Å². The summed E-state index contributed by atoms with van der Waals surface area (Å²) >= 11 is 0. The van der Waals surface area contributed by atoms with Crippen LogP contribution in [0.15, 0.2) is 30.3 Å². The second kappa shape index (κ2) is 9.26. The molecule has 2 aromatic rings. The molecule has 3 rings (SSSR count). The summed E-state index contributed by atoms with van der Waals surface area (Å²) in [6.45, 7) is 10.3. The maximum absolute atomic E-state index is 12.7. The summed E-state index contributed by atoms with van der Waals surface area (Å²) in [4.78, 5) is 17.5. The number of amides is 1. The number of rotatable bonds is 7. The first-order valence-electron chi connectivity index (χ1n) is 10.0. The van der Waals surface area contributed by atoms with E-state index in [1.807, 2.05) is 44.2 Å². The van der Waals surface area contributed by atoms with Crippen molar-refractivity contribution in [2.45, 2.75) is 20.3 Å². The number of nitrogens with one attached hydrogen (secondary N) is 1. The molecule has 1 fully saturated rings. The van der Waals surface area contributed by atoms with Crippen LogP contribution in [-0.4, -0.2) is 73.7 Å². The van der Waals surface area contributed by atoms with Gasteiger partial charge in [0, 0.05) is 49.8 Å². The number of aromatic nitrogens is 1. The van der Waals surface area contributed by atoms with E-state index < -0.39 is 0 Å². The van der Waals surface area contributed by atoms with Crippen LogP contribution in [0.4, 0.5) is 0 Å². The molecule has 1 aliphatic rings. The van der Waals surface area contributed by atoms with Crippen LogP contribution in [0.25, 0.3) is 5.69 Å². The van der Waals surface area contributed by atoms with Crippen molar-refractivity contribution in [1.29, 1.82) is 0 Å². The fourth-order valence-electron chi connectivity index (χ4n) is 3.79. The fourth-order valence-corrected chi connectivity index (χ4v) is 3.79. The number of ether oxygens (including phenoxy) is 1. The second-order valence-corrected chi connectivity index (χ2v) is 7.57. The van der Waals surface area contributed by atoms with Gasteiger partial charge >= 0.3 is 0 Å². The first kappa shape index (κ1) is 20.4. The summed E-state index contributed by atoms with van der Waals surface area (Å²) in [6, 6.07) is 9.86. The lowest BCUT2D eigenvalue weighted by Crippen LogP contribution is -2.45. The van der Waals surface area contributed by atoms with E-state index in [1.54, 1.807) is 7.11 Å². The van der Waals surface area contributed by atoms with Gasteiger partial charge in [0.05, 0.1) is 12.7 Å². The van der Waals surface area contributed by atoms with Crippen molar-refractivity contribution in [3.8, 4) is 11.4 Å². The lowest BCUT2D eigenvalue weighted by atomic mass is 10.2. The number of hydrogen-bond acceptors (Lipinski definition) is 4. The normalized spacial score (nSPS) is 15.6. The van der Waals surface area contributed by atoms with Crippen molar-refractivity contribution < 1.29 is 9.53 Å². The van der Waals surface area contributed by atoms with Gasteiger partial charge in [0.2, 0.25) is 0 Å². The molecule has 1 aromatic heterocycles. The van der Waals surface area contributed by atoms with Crippen LogP contribution < -0.4 is 10.1 Å². The standard InChI is InChI=1S/C22H32N4O2/c1-17-16-21(18(2)26(17)19-6-8-20(28-4)9-7-19)22(27)23-10-5-11-25-14-12-24(3)13-15-25/h6-9,16H,5,10-15H2,1-4H3,(H,23,27). The van der Waals surface area contributed by atoms with Gasteiger partial charge in [-0.15, -0.1) is 0 Å². The van der Waals surface area contributed by atoms with Gasteiger partial charge in [-0.2, -0.15) is 0 Å². The maximum atomic E-state index is 12.7. The van der Waals surface area contributed by atoms with Gasteiger partial charge < -0.3 is 24.4 Å². The number of nitrogens with zero attached hydrogens (tertiary/aromatic N) is 3. The van der Waals surface area contributed by atoms with E-state index in [-0.39, 0.29) is 5.91 Å². The summed E-state index contributed by atoms with van der Waals surface area (Å²) < 4.78 is 7.34. The molecule has 0 unspecified atom stereocenters. The van der Waals surface area contributed by atoms with Crippen LogP contribution in [0.2, 0.25) is 0 Å². The minimum absolute atomic E-state index is 0.00578. The van der Waals surface area contributed by atoms with Crippen molar-refractivity contribution in [2.24, 2.45) is 0 Å². The zero-order valence-corrected chi connectivity index (χ0v) is 17.5. The predicted molar refractivity (Wildman–Crippen MR) is 113 cm³/mol. The van der Waals surface area contributed by atoms with Gasteiger partial charge in [-0.05, 0) is 64.2 Å². The molecule has 6 heteroatoms. The van der Waals surface area contributed by atoms with Gasteiger partial charge in [-0.3, -0.25) is 4.79 Å². The second-order valence-electron chi connectivity index (χ2n) is 7.57. The number of likely N-dealkylation sites (N-methyl/N-ethyl adjacent to an activating group) is 1. The number of carbonyl (C=O) groups excluding carboxylic acids is 1. The highest BCUT2D eigenvalue weighted by Gasteiger charge is 2.17. The smallest absolute Gasteiger partial charge is 0.253 e. The largest absolute Gasteiger partial charge is 0.497 e. The predicted octanol–water partition coefficient (Wildman–Crippen LogP) is 2.47. The van der Waals surface area contributed by atoms with Gasteiger partial charge in [0.1, 0.15) is 5.75 Å². The molecule has 0 aliphatic carbocycles. The van der Waals surface area contributed by atoms with E-state index >= 15 is 0 Å². The van der Waals surface area contributed by atoms with E-state index in [0.29, 0.717) is 6.54 Å². The van der Waals surface area contributed by atoms with Gasteiger partial charge in [0.25, 0.3) is 5.91 Å². The minimum atomic E-state index is 0.00578. The summed E-state index contributed by atoms with van der Waals surface area (Å²) in [5.41, 5.74) is 3.78. The Morgan fingerprint density at radius 2 is 1.79 bits per heavy atom. The van der Waals surface area contributed by atoms with E-state index in [9.17, 15) is 4.79 Å². The number of hydrogen-bond donors (Lipinski definition) is 1. The van der Waals surface area contributed by atoms with Crippen LogP contribution in [0.5, 0.6) is 5.75 Å². The first-order valence-corrected chi connectivity index (χ1v) is 10.0. The molecular formula is C22H32N4O2. The molecule has 1 aliphatic heterocycles. The highest BCUT2D eigenvalue weighted by molar-refractivity contribution is 5.95. The van der Waals surface area contributed by atoms with Gasteiger partial charge in [-0.1, -0.05) is 0 Å². The van der Waals surface area contributed by atoms with Crippen LogP contribution in [0.3, 0.4) is 0 Å². The number of aryl methyl sites for hydroxylation is 1. The van der Waals surface area contributed by atoms with Crippen LogP contribution in [0, 0.1) is 13.8 Å². The van der Waals surface area contributed by atoms with Crippen LogP contribution >= 0.6 is 0 Å². The zero-order valence-electron chi connectivity index (χ0n) is 17.5. The van der Waals surface area contributed by atoms with Crippen molar-refractivity contribution in [1.82, 2.24) is 19.7 Å². The molecule has 1 N–H and O–H groups in total. The monoisotopic (exact) mass is 384 g/mol. The number of benzene rings is 1. The number of carbonyl (C=O) groups is 1. The third-order valence-corrected chi connectivity index (χ3v) is 5.54. The Balaban J connectivity index is 1.56. The minimum Gasteiger partial charge on any atom is -0.497 e. The molecule has 28 heavy (non-hydrogen) atoms. The van der Waals surface area contributed by atoms with E-state index in [4.69, 9.17) is 4.74 Å². The highest BCUT2D eigenvalue weighted by Crippen LogP contribution is 2.22. The SMILES string of the molecule is COc1ccc(-n2c(C)cc(C(=O)NCCCN3CCN(C)CC3)c2C)cc1. The van der Waals surface area contributed by atoms with Crippen LogP contribution in [0.1, 0.15) is 28.2 Å². The van der Waals surface area contributed by atoms with E-state index in [1.165, 1.54) is 0 Å². The average Bonchev–Trinajstić information content (AvgIpc) is 3.01. The van der Waals surface area contributed by atoms with Crippen molar-refractivity contribution in [3.63, 3.8) is 0 Å². The number of methoxy groups -OCH3 is 1. The third kappa shape index (κ3) is 4.75. The first-order chi connectivity index (χ1) is 13.5. The van der Waals surface area contributed by atoms with E-state index in [2.05, 4.69) is 26.7 Å². The maximum Gasteiger partial charge on any atom is 0.253 e. The fraction of sp³-hybridized carbons (Fsp3) is 0.500. The van der Waals surface area contributed by atoms with Gasteiger partial charge in [0.15, 0.2) is 0 Å². The molecular weight excluding hydrogens is 352 g/mol. The zero-order chi connectivity index (χ0) is 20.1.